The highest BCUT2D eigenvalue weighted by molar-refractivity contribution is 5.98. The molecular formula is C26H31F2N3O2. The van der Waals surface area contributed by atoms with Crippen molar-refractivity contribution in [3.05, 3.63) is 60.3 Å². The number of rotatable bonds is 8. The van der Waals surface area contributed by atoms with Gasteiger partial charge in [-0.15, -0.1) is 0 Å². The maximum Gasteiger partial charge on any atom is 0.250 e. The van der Waals surface area contributed by atoms with Crippen molar-refractivity contribution in [3.63, 3.8) is 0 Å². The normalized spacial score (nSPS) is 17.3. The predicted octanol–water partition coefficient (Wildman–Crippen LogP) is 5.30. The summed E-state index contributed by atoms with van der Waals surface area (Å²) in [5.41, 5.74) is 2.82. The van der Waals surface area contributed by atoms with Crippen LogP contribution >= 0.6 is 0 Å². The monoisotopic (exact) mass is 455 g/mol. The zero-order valence-electron chi connectivity index (χ0n) is 19.4. The molecule has 3 rings (SSSR count). The molecule has 0 bridgehead atoms. The highest BCUT2D eigenvalue weighted by Crippen LogP contribution is 2.30. The van der Waals surface area contributed by atoms with Gasteiger partial charge in [-0.25, -0.2) is 13.8 Å². The van der Waals surface area contributed by atoms with Crippen LogP contribution in [-0.4, -0.2) is 47.1 Å². The molecule has 1 amide bonds. The molecule has 1 fully saturated rings. The van der Waals surface area contributed by atoms with Gasteiger partial charge in [0.15, 0.2) is 0 Å². The van der Waals surface area contributed by atoms with Gasteiger partial charge in [0.05, 0.1) is 0 Å². The molecule has 1 aliphatic rings. The number of hydrogen-bond acceptors (Lipinski definition) is 4. The number of pyridine rings is 1. The van der Waals surface area contributed by atoms with E-state index in [0.29, 0.717) is 25.5 Å². The highest BCUT2D eigenvalue weighted by atomic mass is 19.3. The van der Waals surface area contributed by atoms with Crippen molar-refractivity contribution in [2.75, 3.05) is 25.0 Å². The molecule has 33 heavy (non-hydrogen) atoms. The van der Waals surface area contributed by atoms with Gasteiger partial charge >= 0.3 is 0 Å². The largest absolute Gasteiger partial charge is 0.307 e. The third-order valence-corrected chi connectivity index (χ3v) is 5.92. The van der Waals surface area contributed by atoms with Crippen molar-refractivity contribution < 1.29 is 18.4 Å². The molecule has 0 saturated carbocycles. The lowest BCUT2D eigenvalue weighted by Gasteiger charge is -2.30. The van der Waals surface area contributed by atoms with Gasteiger partial charge in [0.1, 0.15) is 11.6 Å². The molecule has 1 unspecified atom stereocenters. The van der Waals surface area contributed by atoms with E-state index in [-0.39, 0.29) is 36.4 Å². The van der Waals surface area contributed by atoms with E-state index in [0.717, 1.165) is 16.7 Å². The van der Waals surface area contributed by atoms with Crippen molar-refractivity contribution in [1.29, 1.82) is 0 Å². The van der Waals surface area contributed by atoms with Crippen LogP contribution in [0.5, 0.6) is 0 Å². The van der Waals surface area contributed by atoms with Crippen molar-refractivity contribution in [1.82, 2.24) is 9.88 Å². The second kappa shape index (κ2) is 10.8. The first-order chi connectivity index (χ1) is 15.6. The van der Waals surface area contributed by atoms with Crippen LogP contribution in [0.2, 0.25) is 0 Å². The number of nitrogens with one attached hydrogen (secondary N) is 1. The first-order valence-electron chi connectivity index (χ1n) is 11.3. The molecule has 1 atom stereocenters. The number of alkyl halides is 2. The molecule has 2 aromatic rings. The predicted molar refractivity (Wildman–Crippen MR) is 126 cm³/mol. The first kappa shape index (κ1) is 24.7. The number of nitrogens with zero attached hydrogens (tertiary/aromatic N) is 2. The second-order valence-electron chi connectivity index (χ2n) is 8.94. The number of hydrogen-bond donors (Lipinski definition) is 1. The van der Waals surface area contributed by atoms with Crippen LogP contribution in [0.1, 0.15) is 45.1 Å². The third kappa shape index (κ3) is 7.02. The highest BCUT2D eigenvalue weighted by Gasteiger charge is 2.33. The summed E-state index contributed by atoms with van der Waals surface area (Å²) in [6, 6.07) is 11.5. The summed E-state index contributed by atoms with van der Waals surface area (Å²) in [4.78, 5) is 30.5. The SMILES string of the molecule is CC(=O)C(c1cccc(-c2ccc(NC(=O)/C=C/CN3CCC(F)(F)CC3)nc2)c1)C(C)C. The zero-order chi connectivity index (χ0) is 24.0. The Morgan fingerprint density at radius 1 is 1.15 bits per heavy atom. The molecule has 1 aliphatic heterocycles. The number of ketones is 1. The van der Waals surface area contributed by atoms with Crippen molar-refractivity contribution in [2.24, 2.45) is 5.92 Å². The number of halogens is 2. The summed E-state index contributed by atoms with van der Waals surface area (Å²) in [6.45, 7) is 6.81. The van der Waals surface area contributed by atoms with E-state index in [1.54, 1.807) is 25.3 Å². The minimum absolute atomic E-state index is 0.140. The fourth-order valence-corrected chi connectivity index (χ4v) is 4.18. The number of benzene rings is 1. The minimum Gasteiger partial charge on any atom is -0.307 e. The van der Waals surface area contributed by atoms with E-state index in [9.17, 15) is 18.4 Å². The lowest BCUT2D eigenvalue weighted by Crippen LogP contribution is -2.39. The van der Waals surface area contributed by atoms with E-state index in [2.05, 4.69) is 10.3 Å². The van der Waals surface area contributed by atoms with Crippen LogP contribution in [0.25, 0.3) is 11.1 Å². The Morgan fingerprint density at radius 3 is 2.48 bits per heavy atom. The van der Waals surface area contributed by atoms with E-state index >= 15 is 0 Å². The van der Waals surface area contributed by atoms with Gasteiger partial charge in [-0.1, -0.05) is 44.2 Å². The number of amides is 1. The number of likely N-dealkylation sites (tertiary alicyclic amines) is 1. The molecule has 1 aromatic heterocycles. The summed E-state index contributed by atoms with van der Waals surface area (Å²) < 4.78 is 26.4. The summed E-state index contributed by atoms with van der Waals surface area (Å²) in [5.74, 6) is -2.27. The maximum atomic E-state index is 13.2. The van der Waals surface area contributed by atoms with Crippen molar-refractivity contribution in [2.45, 2.75) is 45.5 Å². The minimum atomic E-state index is -2.57. The maximum absolute atomic E-state index is 13.2. The Bertz CT molecular complexity index is 993. The summed E-state index contributed by atoms with van der Waals surface area (Å²) in [5, 5.41) is 2.71. The fraction of sp³-hybridized carbons (Fsp3) is 0.423. The standard InChI is InChI=1S/C26H31F2N3O2/c1-18(2)25(19(3)32)21-7-4-6-20(16-21)22-9-10-23(29-17-22)30-24(33)8-5-13-31-14-11-26(27,28)12-15-31/h4-10,16-18,25H,11-15H2,1-3H3,(H,29,30,33)/b8-5+. The van der Waals surface area contributed by atoms with Crippen LogP contribution in [-0.2, 0) is 9.59 Å². The van der Waals surface area contributed by atoms with Crippen LogP contribution in [0, 0.1) is 5.92 Å². The number of carbonyl (C=O) groups excluding carboxylic acids is 2. The van der Waals surface area contributed by atoms with Crippen molar-refractivity contribution in [3.8, 4) is 11.1 Å². The lowest BCUT2D eigenvalue weighted by atomic mass is 9.84. The molecule has 1 aromatic carbocycles. The zero-order valence-corrected chi connectivity index (χ0v) is 19.4. The Labute approximate surface area is 193 Å². The molecule has 5 nitrogen and oxygen atoms in total. The van der Waals surface area contributed by atoms with E-state index in [1.807, 2.05) is 49.1 Å². The number of anilines is 1. The Hall–Kier alpha value is -2.93. The Morgan fingerprint density at radius 2 is 1.88 bits per heavy atom. The topological polar surface area (TPSA) is 62.3 Å². The molecule has 0 radical (unpaired) electrons. The van der Waals surface area contributed by atoms with Gasteiger partial charge in [-0.3, -0.25) is 14.5 Å². The molecular weight excluding hydrogens is 424 g/mol. The lowest BCUT2D eigenvalue weighted by molar-refractivity contribution is -0.119. The number of aromatic nitrogens is 1. The summed E-state index contributed by atoms with van der Waals surface area (Å²) >= 11 is 0. The quantitative estimate of drug-likeness (QED) is 0.549. The number of Topliss-reactive ketones (excluding diaryl/α,β-unsaturated/α-hetero) is 1. The summed E-state index contributed by atoms with van der Waals surface area (Å²) in [6.07, 6.45) is 4.49. The molecule has 0 spiro atoms. The molecule has 2 heterocycles. The number of carbonyl (C=O) groups is 2. The van der Waals surface area contributed by atoms with E-state index in [1.165, 1.54) is 6.08 Å². The van der Waals surface area contributed by atoms with Crippen LogP contribution in [0.4, 0.5) is 14.6 Å². The van der Waals surface area contributed by atoms with Gasteiger partial charge in [0, 0.05) is 56.2 Å². The van der Waals surface area contributed by atoms with E-state index < -0.39 is 5.92 Å². The van der Waals surface area contributed by atoms with Crippen LogP contribution in [0.15, 0.2) is 54.7 Å². The van der Waals surface area contributed by atoms with E-state index in [4.69, 9.17) is 0 Å². The molecule has 1 saturated heterocycles. The van der Waals surface area contributed by atoms with Crippen LogP contribution in [0.3, 0.4) is 0 Å². The van der Waals surface area contributed by atoms with Gasteiger partial charge in [0.25, 0.3) is 5.92 Å². The Balaban J connectivity index is 1.57. The fourth-order valence-electron chi connectivity index (χ4n) is 4.18. The Kier molecular flexibility index (Phi) is 8.08. The second-order valence-corrected chi connectivity index (χ2v) is 8.94. The smallest absolute Gasteiger partial charge is 0.250 e. The first-order valence-corrected chi connectivity index (χ1v) is 11.3. The number of piperidine rings is 1. The average Bonchev–Trinajstić information content (AvgIpc) is 2.75. The van der Waals surface area contributed by atoms with Crippen molar-refractivity contribution >= 4 is 17.5 Å². The molecule has 7 heteroatoms. The average molecular weight is 456 g/mol. The van der Waals surface area contributed by atoms with Gasteiger partial charge in [-0.05, 0) is 36.1 Å². The molecule has 1 N–H and O–H groups in total. The molecule has 0 aliphatic carbocycles. The third-order valence-electron chi connectivity index (χ3n) is 5.92. The molecule has 176 valence electrons. The van der Waals surface area contributed by atoms with Gasteiger partial charge in [-0.2, -0.15) is 0 Å². The van der Waals surface area contributed by atoms with Crippen LogP contribution < -0.4 is 5.32 Å². The van der Waals surface area contributed by atoms with Gasteiger partial charge in [0.2, 0.25) is 5.91 Å². The summed E-state index contributed by atoms with van der Waals surface area (Å²) in [7, 11) is 0. The van der Waals surface area contributed by atoms with Gasteiger partial charge < -0.3 is 5.32 Å².